The van der Waals surface area contributed by atoms with Gasteiger partial charge >= 0.3 is 5.97 Å². The number of anilines is 1. The topological polar surface area (TPSA) is 90.9 Å². The van der Waals surface area contributed by atoms with Crippen molar-refractivity contribution in [2.45, 2.75) is 24.7 Å². The van der Waals surface area contributed by atoms with Crippen LogP contribution in [0.1, 0.15) is 25.3 Å². The minimum atomic E-state index is -4.09. The van der Waals surface area contributed by atoms with Crippen molar-refractivity contribution < 1.29 is 27.4 Å². The predicted octanol–water partition coefficient (Wildman–Crippen LogP) is 3.73. The molecule has 1 N–H and O–H groups in total. The molecule has 0 aliphatic rings. The zero-order valence-electron chi connectivity index (χ0n) is 17.1. The zero-order valence-corrected chi connectivity index (χ0v) is 17.9. The minimum absolute atomic E-state index is 0.00709. The molecule has 0 amide bonds. The fraction of sp³-hybridized carbons (Fsp3) is 0.286. The van der Waals surface area contributed by atoms with Crippen LogP contribution in [0.5, 0.6) is 11.5 Å². The zero-order chi connectivity index (χ0) is 21.6. The molecular formula is C21H25NO6S. The summed E-state index contributed by atoms with van der Waals surface area (Å²) in [5.41, 5.74) is 1.51. The van der Waals surface area contributed by atoms with Crippen molar-refractivity contribution in [3.05, 3.63) is 59.1 Å². The van der Waals surface area contributed by atoms with E-state index in [-0.39, 0.29) is 10.8 Å². The van der Waals surface area contributed by atoms with Crippen molar-refractivity contribution in [2.75, 3.05) is 26.6 Å². The van der Waals surface area contributed by atoms with E-state index in [0.717, 1.165) is 18.9 Å². The molecule has 2 rings (SSSR count). The van der Waals surface area contributed by atoms with Crippen LogP contribution in [-0.4, -0.2) is 35.7 Å². The lowest BCUT2D eigenvalue weighted by Crippen LogP contribution is -2.17. The highest BCUT2D eigenvalue weighted by molar-refractivity contribution is 7.96. The van der Waals surface area contributed by atoms with Gasteiger partial charge in [-0.25, -0.2) is 13.2 Å². The molecule has 0 spiro atoms. The van der Waals surface area contributed by atoms with Crippen LogP contribution in [0.2, 0.25) is 0 Å². The first-order valence-electron chi connectivity index (χ1n) is 8.86. The predicted molar refractivity (Wildman–Crippen MR) is 111 cm³/mol. The molecule has 2 aromatic carbocycles. The van der Waals surface area contributed by atoms with E-state index in [1.807, 2.05) is 13.8 Å². The van der Waals surface area contributed by atoms with E-state index < -0.39 is 20.7 Å². The molecule has 7 nitrogen and oxygen atoms in total. The Morgan fingerprint density at radius 2 is 1.59 bits per heavy atom. The molecule has 0 bridgehead atoms. The van der Waals surface area contributed by atoms with Gasteiger partial charge in [0.15, 0.2) is 16.4 Å². The molecule has 0 saturated carbocycles. The maximum atomic E-state index is 13.0. The van der Waals surface area contributed by atoms with E-state index in [1.54, 1.807) is 30.3 Å². The van der Waals surface area contributed by atoms with E-state index in [1.165, 1.54) is 26.4 Å². The lowest BCUT2D eigenvalue weighted by molar-refractivity contribution is -0.135. The van der Waals surface area contributed by atoms with Gasteiger partial charge in [-0.2, -0.15) is 0 Å². The maximum absolute atomic E-state index is 13.0. The number of methoxy groups -OCH3 is 3. The van der Waals surface area contributed by atoms with Crippen LogP contribution in [0.15, 0.2) is 58.5 Å². The molecule has 0 aliphatic heterocycles. The van der Waals surface area contributed by atoms with Crippen LogP contribution in [0, 0.1) is 0 Å². The van der Waals surface area contributed by atoms with Crippen LogP contribution in [0.4, 0.5) is 5.69 Å². The van der Waals surface area contributed by atoms with Crippen molar-refractivity contribution in [2.24, 2.45) is 0 Å². The molecule has 29 heavy (non-hydrogen) atoms. The number of hydrogen-bond acceptors (Lipinski definition) is 7. The highest BCUT2D eigenvalue weighted by Crippen LogP contribution is 2.30. The Balaban J connectivity index is 2.41. The normalized spacial score (nSPS) is 11.9. The molecule has 0 atom stereocenters. The van der Waals surface area contributed by atoms with Gasteiger partial charge in [0, 0.05) is 18.0 Å². The van der Waals surface area contributed by atoms with E-state index in [9.17, 15) is 13.2 Å². The van der Waals surface area contributed by atoms with Crippen LogP contribution < -0.4 is 14.8 Å². The maximum Gasteiger partial charge on any atom is 0.351 e. The van der Waals surface area contributed by atoms with Crippen LogP contribution >= 0.6 is 0 Å². The Labute approximate surface area is 171 Å². The second-order valence-electron chi connectivity index (χ2n) is 6.44. The van der Waals surface area contributed by atoms with Gasteiger partial charge < -0.3 is 19.5 Å². The van der Waals surface area contributed by atoms with E-state index >= 15 is 0 Å². The standard InChI is InChI=1S/C21H25NO6S/c1-14(2)15-6-9-17(10-7-15)29(24,25)20(21(23)28-5)13-22-16-8-11-18(26-3)19(12-16)27-4/h6-14,22H,1-5H3. The van der Waals surface area contributed by atoms with Crippen molar-refractivity contribution in [3.8, 4) is 11.5 Å². The number of ether oxygens (including phenoxy) is 3. The molecule has 156 valence electrons. The molecule has 2 aromatic rings. The Bertz CT molecular complexity index is 994. The van der Waals surface area contributed by atoms with Gasteiger partial charge in [0.2, 0.25) is 9.84 Å². The Morgan fingerprint density at radius 1 is 0.966 bits per heavy atom. The number of sulfone groups is 1. The summed E-state index contributed by atoms with van der Waals surface area (Å²) in [5.74, 6) is 0.269. The Kier molecular flexibility index (Phi) is 7.28. The first-order valence-corrected chi connectivity index (χ1v) is 10.3. The molecule has 0 saturated heterocycles. The van der Waals surface area contributed by atoms with Gasteiger partial charge in [-0.15, -0.1) is 0 Å². The fourth-order valence-electron chi connectivity index (χ4n) is 2.58. The fourth-order valence-corrected chi connectivity index (χ4v) is 3.85. The lowest BCUT2D eigenvalue weighted by atomic mass is 10.0. The van der Waals surface area contributed by atoms with Gasteiger partial charge in [0.25, 0.3) is 0 Å². The SMILES string of the molecule is COC(=O)C(=CNc1ccc(OC)c(OC)c1)S(=O)(=O)c1ccc(C(C)C)cc1. The van der Waals surface area contributed by atoms with E-state index in [0.29, 0.717) is 17.2 Å². The van der Waals surface area contributed by atoms with E-state index in [4.69, 9.17) is 9.47 Å². The average Bonchev–Trinajstić information content (AvgIpc) is 2.73. The summed E-state index contributed by atoms with van der Waals surface area (Å²) in [5, 5.41) is 2.81. The summed E-state index contributed by atoms with van der Waals surface area (Å²) in [6, 6.07) is 11.4. The highest BCUT2D eigenvalue weighted by Gasteiger charge is 2.28. The van der Waals surface area contributed by atoms with Gasteiger partial charge in [0.1, 0.15) is 0 Å². The van der Waals surface area contributed by atoms with Gasteiger partial charge in [0.05, 0.1) is 26.2 Å². The summed E-state index contributed by atoms with van der Waals surface area (Å²) in [6.45, 7) is 4.02. The summed E-state index contributed by atoms with van der Waals surface area (Å²) in [4.78, 5) is 11.7. The van der Waals surface area contributed by atoms with Crippen molar-refractivity contribution in [1.82, 2.24) is 0 Å². The van der Waals surface area contributed by atoms with Gasteiger partial charge in [-0.1, -0.05) is 26.0 Å². The van der Waals surface area contributed by atoms with Crippen LogP contribution in [-0.2, 0) is 19.4 Å². The summed E-state index contributed by atoms with van der Waals surface area (Å²) in [7, 11) is 0.0435. The molecule has 8 heteroatoms. The second-order valence-corrected chi connectivity index (χ2v) is 8.36. The number of rotatable bonds is 8. The summed E-state index contributed by atoms with van der Waals surface area (Å²) < 4.78 is 41.1. The Morgan fingerprint density at radius 3 is 2.10 bits per heavy atom. The van der Waals surface area contributed by atoms with Gasteiger partial charge in [-0.3, -0.25) is 0 Å². The van der Waals surface area contributed by atoms with Crippen molar-refractivity contribution in [1.29, 1.82) is 0 Å². The third-order valence-corrected chi connectivity index (χ3v) is 6.04. The van der Waals surface area contributed by atoms with Crippen LogP contribution in [0.25, 0.3) is 0 Å². The smallest absolute Gasteiger partial charge is 0.351 e. The average molecular weight is 419 g/mol. The van der Waals surface area contributed by atoms with Crippen molar-refractivity contribution in [3.63, 3.8) is 0 Å². The quantitative estimate of drug-likeness (QED) is 0.515. The second kappa shape index (κ2) is 9.47. The molecular weight excluding hydrogens is 394 g/mol. The van der Waals surface area contributed by atoms with Crippen LogP contribution in [0.3, 0.4) is 0 Å². The first-order chi connectivity index (χ1) is 13.7. The monoisotopic (exact) mass is 419 g/mol. The Hall–Kier alpha value is -3.00. The van der Waals surface area contributed by atoms with Gasteiger partial charge in [-0.05, 0) is 35.7 Å². The summed E-state index contributed by atoms with van der Waals surface area (Å²) >= 11 is 0. The largest absolute Gasteiger partial charge is 0.493 e. The van der Waals surface area contributed by atoms with Crippen molar-refractivity contribution >= 4 is 21.5 Å². The molecule has 0 aliphatic carbocycles. The number of nitrogens with one attached hydrogen (secondary N) is 1. The number of hydrogen-bond donors (Lipinski definition) is 1. The number of benzene rings is 2. The first kappa shape index (κ1) is 22.3. The third kappa shape index (κ3) is 5.08. The molecule has 0 fully saturated rings. The third-order valence-electron chi connectivity index (χ3n) is 4.29. The number of carbonyl (C=O) groups is 1. The minimum Gasteiger partial charge on any atom is -0.493 e. The molecule has 0 radical (unpaired) electrons. The lowest BCUT2D eigenvalue weighted by Gasteiger charge is -2.12. The molecule has 0 aromatic heterocycles. The molecule has 0 heterocycles. The number of carbonyl (C=O) groups excluding carboxylic acids is 1. The number of esters is 1. The molecule has 0 unspecified atom stereocenters. The highest BCUT2D eigenvalue weighted by atomic mass is 32.2. The van der Waals surface area contributed by atoms with E-state index in [2.05, 4.69) is 10.1 Å². The summed E-state index contributed by atoms with van der Waals surface area (Å²) in [6.07, 6.45) is 1.11.